The Bertz CT molecular complexity index is 888. The first-order chi connectivity index (χ1) is 12.6. The Hall–Kier alpha value is -2.47. The number of aryl methyl sites for hydroxylation is 1. The van der Waals surface area contributed by atoms with Crippen LogP contribution in [0, 0.1) is 12.7 Å². The van der Waals surface area contributed by atoms with Crippen LogP contribution < -0.4 is 4.90 Å². The molecule has 1 fully saturated rings. The fraction of sp³-hybridized carbons (Fsp3) is 0.400. The summed E-state index contributed by atoms with van der Waals surface area (Å²) in [5.74, 6) is 1.49. The van der Waals surface area contributed by atoms with Gasteiger partial charge in [0, 0.05) is 24.5 Å². The maximum Gasteiger partial charge on any atom is 0.226 e. The van der Waals surface area contributed by atoms with E-state index in [4.69, 9.17) is 4.42 Å². The molecule has 0 N–H and O–H groups in total. The maximum absolute atomic E-state index is 13.4. The quantitative estimate of drug-likeness (QED) is 0.714. The van der Waals surface area contributed by atoms with E-state index >= 15 is 0 Å². The van der Waals surface area contributed by atoms with Gasteiger partial charge in [0.15, 0.2) is 0 Å². The summed E-state index contributed by atoms with van der Waals surface area (Å²) in [7, 11) is 2.15. The van der Waals surface area contributed by atoms with E-state index in [-0.39, 0.29) is 5.82 Å². The summed E-state index contributed by atoms with van der Waals surface area (Å²) in [6.45, 7) is 4.57. The van der Waals surface area contributed by atoms with Crippen LogP contribution >= 0.6 is 0 Å². The number of furan rings is 1. The molecule has 1 aliphatic heterocycles. The number of halogens is 1. The smallest absolute Gasteiger partial charge is 0.226 e. The van der Waals surface area contributed by atoms with Gasteiger partial charge in [0.2, 0.25) is 5.95 Å². The van der Waals surface area contributed by atoms with Gasteiger partial charge in [0.05, 0.1) is 24.0 Å². The van der Waals surface area contributed by atoms with Crippen molar-refractivity contribution in [1.29, 1.82) is 0 Å². The van der Waals surface area contributed by atoms with E-state index in [1.165, 1.54) is 12.1 Å². The van der Waals surface area contributed by atoms with E-state index in [9.17, 15) is 4.39 Å². The van der Waals surface area contributed by atoms with Gasteiger partial charge < -0.3 is 9.32 Å². The van der Waals surface area contributed by atoms with Crippen LogP contribution in [0.5, 0.6) is 0 Å². The molecule has 0 unspecified atom stereocenters. The summed E-state index contributed by atoms with van der Waals surface area (Å²) >= 11 is 0. The summed E-state index contributed by atoms with van der Waals surface area (Å²) in [6.07, 6.45) is 3.83. The number of anilines is 1. The van der Waals surface area contributed by atoms with Crippen LogP contribution in [0.3, 0.4) is 0 Å². The van der Waals surface area contributed by atoms with Gasteiger partial charge in [-0.1, -0.05) is 0 Å². The van der Waals surface area contributed by atoms with E-state index in [0.717, 1.165) is 60.8 Å². The highest BCUT2D eigenvalue weighted by atomic mass is 19.1. The molecule has 0 spiro atoms. The van der Waals surface area contributed by atoms with Crippen molar-refractivity contribution in [3.05, 3.63) is 53.9 Å². The van der Waals surface area contributed by atoms with E-state index in [1.54, 1.807) is 12.3 Å². The zero-order valence-electron chi connectivity index (χ0n) is 15.2. The predicted molar refractivity (Wildman–Crippen MR) is 99.6 cm³/mol. The summed E-state index contributed by atoms with van der Waals surface area (Å²) in [5.41, 5.74) is 1.62. The van der Waals surface area contributed by atoms with Crippen molar-refractivity contribution >= 4 is 16.9 Å². The first-order valence-electron chi connectivity index (χ1n) is 9.01. The van der Waals surface area contributed by atoms with Crippen LogP contribution in [0.25, 0.3) is 10.9 Å². The standard InChI is InChI=1S/C20H23FN4O/c1-14-18-12-15(21)5-6-19(18)23-20(22-14)25-9-7-16(8-10-25)24(2)13-17-4-3-11-26-17/h3-6,11-12,16H,7-10,13H2,1-2H3. The lowest BCUT2D eigenvalue weighted by Crippen LogP contribution is -2.43. The molecular weight excluding hydrogens is 331 g/mol. The predicted octanol–water partition coefficient (Wildman–Crippen LogP) is 3.77. The van der Waals surface area contributed by atoms with Crippen LogP contribution in [0.2, 0.25) is 0 Å². The third-order valence-electron chi connectivity index (χ3n) is 5.19. The Morgan fingerprint density at radius 2 is 2.04 bits per heavy atom. The average molecular weight is 354 g/mol. The summed E-state index contributed by atoms with van der Waals surface area (Å²) in [4.78, 5) is 13.8. The molecule has 1 aliphatic rings. The highest BCUT2D eigenvalue weighted by molar-refractivity contribution is 5.81. The number of hydrogen-bond acceptors (Lipinski definition) is 5. The summed E-state index contributed by atoms with van der Waals surface area (Å²) in [5, 5.41) is 0.779. The summed E-state index contributed by atoms with van der Waals surface area (Å²) < 4.78 is 18.9. The van der Waals surface area contributed by atoms with Gasteiger partial charge >= 0.3 is 0 Å². The number of rotatable bonds is 4. The second-order valence-corrected chi connectivity index (χ2v) is 6.98. The lowest BCUT2D eigenvalue weighted by atomic mass is 10.0. The van der Waals surface area contributed by atoms with Crippen molar-refractivity contribution in [1.82, 2.24) is 14.9 Å². The van der Waals surface area contributed by atoms with Crippen molar-refractivity contribution in [2.75, 3.05) is 25.0 Å². The Balaban J connectivity index is 1.44. The third kappa shape index (κ3) is 3.42. The molecule has 0 bridgehead atoms. The Kier molecular flexibility index (Phi) is 4.59. The molecule has 3 heterocycles. The molecule has 136 valence electrons. The molecule has 0 amide bonds. The monoisotopic (exact) mass is 354 g/mol. The second-order valence-electron chi connectivity index (χ2n) is 6.98. The van der Waals surface area contributed by atoms with Crippen LogP contribution in [-0.4, -0.2) is 41.0 Å². The SMILES string of the molecule is Cc1nc(N2CCC(N(C)Cc3ccco3)CC2)nc2ccc(F)cc12. The van der Waals surface area contributed by atoms with Gasteiger partial charge in [0.25, 0.3) is 0 Å². The molecule has 0 radical (unpaired) electrons. The van der Waals surface area contributed by atoms with Gasteiger partial charge in [-0.05, 0) is 57.1 Å². The number of aromatic nitrogens is 2. The lowest BCUT2D eigenvalue weighted by molar-refractivity contribution is 0.186. The molecule has 2 aromatic heterocycles. The molecule has 0 atom stereocenters. The van der Waals surface area contributed by atoms with Gasteiger partial charge in [-0.2, -0.15) is 0 Å². The molecular formula is C20H23FN4O. The normalized spacial score (nSPS) is 15.9. The Morgan fingerprint density at radius 1 is 1.23 bits per heavy atom. The molecule has 26 heavy (non-hydrogen) atoms. The maximum atomic E-state index is 13.4. The molecule has 1 aromatic carbocycles. The minimum Gasteiger partial charge on any atom is -0.468 e. The fourth-order valence-electron chi connectivity index (χ4n) is 3.66. The van der Waals surface area contributed by atoms with E-state index in [0.29, 0.717) is 6.04 Å². The van der Waals surface area contributed by atoms with Crippen LogP contribution in [0.15, 0.2) is 41.0 Å². The molecule has 5 nitrogen and oxygen atoms in total. The van der Waals surface area contributed by atoms with Gasteiger partial charge in [0.1, 0.15) is 11.6 Å². The third-order valence-corrected chi connectivity index (χ3v) is 5.19. The number of hydrogen-bond donors (Lipinski definition) is 0. The lowest BCUT2D eigenvalue weighted by Gasteiger charge is -2.36. The minimum absolute atomic E-state index is 0.252. The molecule has 0 aliphatic carbocycles. The largest absolute Gasteiger partial charge is 0.468 e. The Morgan fingerprint density at radius 3 is 2.77 bits per heavy atom. The second kappa shape index (κ2) is 7.03. The molecule has 0 saturated carbocycles. The van der Waals surface area contributed by atoms with Crippen molar-refractivity contribution in [2.45, 2.75) is 32.4 Å². The van der Waals surface area contributed by atoms with Gasteiger partial charge in [-0.3, -0.25) is 4.90 Å². The average Bonchev–Trinajstić information content (AvgIpc) is 3.15. The van der Waals surface area contributed by atoms with Crippen LogP contribution in [-0.2, 0) is 6.54 Å². The van der Waals surface area contributed by atoms with Gasteiger partial charge in [-0.15, -0.1) is 0 Å². The highest BCUT2D eigenvalue weighted by Gasteiger charge is 2.24. The molecule has 6 heteroatoms. The first-order valence-corrected chi connectivity index (χ1v) is 9.01. The van der Waals surface area contributed by atoms with Crippen molar-refractivity contribution in [3.63, 3.8) is 0 Å². The zero-order valence-corrected chi connectivity index (χ0v) is 15.2. The fourth-order valence-corrected chi connectivity index (χ4v) is 3.66. The van der Waals surface area contributed by atoms with Crippen molar-refractivity contribution < 1.29 is 8.81 Å². The highest BCUT2D eigenvalue weighted by Crippen LogP contribution is 2.24. The number of nitrogens with zero attached hydrogens (tertiary/aromatic N) is 4. The molecule has 1 saturated heterocycles. The zero-order chi connectivity index (χ0) is 18.1. The Labute approximate surface area is 152 Å². The molecule has 4 rings (SSSR count). The summed E-state index contributed by atoms with van der Waals surface area (Å²) in [6, 6.07) is 9.15. The van der Waals surface area contributed by atoms with Crippen LogP contribution in [0.1, 0.15) is 24.3 Å². The van der Waals surface area contributed by atoms with Crippen LogP contribution in [0.4, 0.5) is 10.3 Å². The minimum atomic E-state index is -0.252. The molecule has 3 aromatic rings. The van der Waals surface area contributed by atoms with E-state index in [1.807, 2.05) is 19.1 Å². The number of fused-ring (bicyclic) bond motifs is 1. The van der Waals surface area contributed by atoms with Crippen molar-refractivity contribution in [2.24, 2.45) is 0 Å². The number of benzene rings is 1. The van der Waals surface area contributed by atoms with E-state index < -0.39 is 0 Å². The van der Waals surface area contributed by atoms with Gasteiger partial charge in [-0.25, -0.2) is 14.4 Å². The van der Waals surface area contributed by atoms with E-state index in [2.05, 4.69) is 26.8 Å². The first kappa shape index (κ1) is 17.0. The van der Waals surface area contributed by atoms with Crippen molar-refractivity contribution in [3.8, 4) is 0 Å². The number of piperidine rings is 1. The topological polar surface area (TPSA) is 45.4 Å².